The highest BCUT2D eigenvalue weighted by atomic mass is 16.4. The number of carbonyl (C=O) groups is 1. The molecule has 0 aromatic rings. The first-order valence-corrected chi connectivity index (χ1v) is 6.28. The van der Waals surface area contributed by atoms with Crippen molar-refractivity contribution in [3.8, 4) is 0 Å². The quantitative estimate of drug-likeness (QED) is 0.576. The van der Waals surface area contributed by atoms with E-state index in [4.69, 9.17) is 5.11 Å². The van der Waals surface area contributed by atoms with Gasteiger partial charge in [0.05, 0.1) is 0 Å². The van der Waals surface area contributed by atoms with Crippen molar-refractivity contribution in [1.82, 2.24) is 0 Å². The zero-order chi connectivity index (χ0) is 11.9. The monoisotopic (exact) mass is 226 g/mol. The number of rotatable bonds is 10. The van der Waals surface area contributed by atoms with Crippen LogP contribution >= 0.6 is 0 Å². The first-order chi connectivity index (χ1) is 7.62. The molecular weight excluding hydrogens is 204 g/mol. The second kappa shape index (κ2) is 6.61. The minimum atomic E-state index is -0.676. The van der Waals surface area contributed by atoms with Crippen molar-refractivity contribution in [3.05, 3.63) is 0 Å². The summed E-state index contributed by atoms with van der Waals surface area (Å²) in [4.78, 5) is 10.3. The Morgan fingerprint density at radius 3 is 2.00 bits per heavy atom. The Kier molecular flexibility index (Phi) is 5.43. The molecule has 4 heteroatoms. The molecule has 1 heterocycles. The van der Waals surface area contributed by atoms with Gasteiger partial charge in [-0.25, -0.2) is 0 Å². The number of hydrogen-bond donors (Lipinski definition) is 1. The molecule has 1 rings (SSSR count). The lowest BCUT2D eigenvalue weighted by atomic mass is 10.0. The van der Waals surface area contributed by atoms with E-state index in [2.05, 4.69) is 17.2 Å². The van der Waals surface area contributed by atoms with Crippen LogP contribution in [0, 0.1) is 0 Å². The van der Waals surface area contributed by atoms with Crippen LogP contribution < -0.4 is 0 Å². The first kappa shape index (κ1) is 13.1. The molecule has 16 heavy (non-hydrogen) atoms. The normalized spacial score (nSPS) is 16.3. The minimum Gasteiger partial charge on any atom is -0.481 e. The number of nitrogens with zero attached hydrogens (tertiary/aromatic N) is 2. The van der Waals surface area contributed by atoms with Gasteiger partial charge in [0, 0.05) is 6.42 Å². The summed E-state index contributed by atoms with van der Waals surface area (Å²) in [7, 11) is 0. The molecule has 1 aliphatic rings. The van der Waals surface area contributed by atoms with E-state index in [1.807, 2.05) is 0 Å². The topological polar surface area (TPSA) is 62.0 Å². The van der Waals surface area contributed by atoms with Crippen molar-refractivity contribution in [1.29, 1.82) is 0 Å². The smallest absolute Gasteiger partial charge is 0.303 e. The fraction of sp³-hybridized carbons (Fsp3) is 0.917. The molecule has 0 spiro atoms. The average molecular weight is 226 g/mol. The molecule has 0 fully saturated rings. The fourth-order valence-corrected chi connectivity index (χ4v) is 1.81. The van der Waals surface area contributed by atoms with Crippen LogP contribution in [-0.2, 0) is 4.79 Å². The third-order valence-corrected chi connectivity index (χ3v) is 2.98. The highest BCUT2D eigenvalue weighted by molar-refractivity contribution is 5.66. The highest BCUT2D eigenvalue weighted by Gasteiger charge is 2.32. The summed E-state index contributed by atoms with van der Waals surface area (Å²) < 4.78 is 0. The van der Waals surface area contributed by atoms with Crippen molar-refractivity contribution in [2.24, 2.45) is 10.2 Å². The summed E-state index contributed by atoms with van der Waals surface area (Å²) in [6, 6.07) is 0. The van der Waals surface area contributed by atoms with Gasteiger partial charge in [0.25, 0.3) is 0 Å². The highest BCUT2D eigenvalue weighted by Crippen LogP contribution is 2.32. The third kappa shape index (κ3) is 6.53. The second-order valence-electron chi connectivity index (χ2n) is 4.79. The molecule has 0 atom stereocenters. The number of hydrogen-bond acceptors (Lipinski definition) is 3. The van der Waals surface area contributed by atoms with Gasteiger partial charge in [-0.3, -0.25) is 4.79 Å². The molecule has 92 valence electrons. The number of unbranched alkanes of at least 4 members (excludes halogenated alkanes) is 6. The van der Waals surface area contributed by atoms with Crippen LogP contribution in [0.15, 0.2) is 10.2 Å². The zero-order valence-corrected chi connectivity index (χ0v) is 10.1. The van der Waals surface area contributed by atoms with E-state index >= 15 is 0 Å². The van der Waals surface area contributed by atoms with Crippen LogP contribution in [0.5, 0.6) is 0 Å². The Morgan fingerprint density at radius 2 is 1.50 bits per heavy atom. The van der Waals surface area contributed by atoms with Crippen LogP contribution in [0.4, 0.5) is 0 Å². The molecule has 4 nitrogen and oxygen atoms in total. The van der Waals surface area contributed by atoms with E-state index < -0.39 is 5.97 Å². The van der Waals surface area contributed by atoms with Crippen molar-refractivity contribution < 1.29 is 9.90 Å². The van der Waals surface area contributed by atoms with E-state index in [9.17, 15) is 4.79 Å². The van der Waals surface area contributed by atoms with Crippen molar-refractivity contribution in [2.45, 2.75) is 70.4 Å². The lowest BCUT2D eigenvalue weighted by Gasteiger charge is -2.03. The Hall–Kier alpha value is -0.930. The van der Waals surface area contributed by atoms with Gasteiger partial charge in [0.1, 0.15) is 0 Å². The molecular formula is C12H22N2O2. The Bertz CT molecular complexity index is 245. The molecule has 0 bridgehead atoms. The van der Waals surface area contributed by atoms with Crippen LogP contribution in [0.25, 0.3) is 0 Å². The standard InChI is InChI=1S/C12H22N2O2/c1-12(13-14-12)10-8-6-4-2-3-5-7-9-11(15)16/h2-10H2,1H3,(H,15,16). The maximum absolute atomic E-state index is 10.3. The molecule has 1 aliphatic heterocycles. The van der Waals surface area contributed by atoms with Crippen molar-refractivity contribution >= 4 is 5.97 Å². The van der Waals surface area contributed by atoms with Crippen LogP contribution in [0.1, 0.15) is 64.7 Å². The average Bonchev–Trinajstić information content (AvgIpc) is 2.94. The van der Waals surface area contributed by atoms with Gasteiger partial charge in [-0.05, 0) is 26.2 Å². The van der Waals surface area contributed by atoms with Gasteiger partial charge in [-0.15, -0.1) is 0 Å². The lowest BCUT2D eigenvalue weighted by Crippen LogP contribution is -2.02. The summed E-state index contributed by atoms with van der Waals surface area (Å²) >= 11 is 0. The largest absolute Gasteiger partial charge is 0.481 e. The van der Waals surface area contributed by atoms with E-state index in [1.54, 1.807) is 0 Å². The van der Waals surface area contributed by atoms with E-state index in [0.717, 1.165) is 19.3 Å². The zero-order valence-electron chi connectivity index (χ0n) is 10.1. The predicted molar refractivity (Wildman–Crippen MR) is 62.4 cm³/mol. The number of carboxylic acids is 1. The third-order valence-electron chi connectivity index (χ3n) is 2.98. The maximum Gasteiger partial charge on any atom is 0.303 e. The summed E-state index contributed by atoms with van der Waals surface area (Å²) in [5, 5.41) is 16.4. The van der Waals surface area contributed by atoms with Crippen molar-refractivity contribution in [3.63, 3.8) is 0 Å². The van der Waals surface area contributed by atoms with Gasteiger partial charge in [0.15, 0.2) is 5.66 Å². The molecule has 0 saturated heterocycles. The first-order valence-electron chi connectivity index (χ1n) is 6.28. The SMILES string of the molecule is CC1(CCCCCCCCCC(=O)O)N=N1. The molecule has 0 amide bonds. The van der Waals surface area contributed by atoms with E-state index in [1.165, 1.54) is 32.1 Å². The molecule has 0 aromatic carbocycles. The molecule has 0 aliphatic carbocycles. The van der Waals surface area contributed by atoms with Gasteiger partial charge in [0.2, 0.25) is 0 Å². The van der Waals surface area contributed by atoms with Crippen LogP contribution in [-0.4, -0.2) is 16.7 Å². The van der Waals surface area contributed by atoms with E-state index in [-0.39, 0.29) is 5.66 Å². The van der Waals surface area contributed by atoms with Crippen molar-refractivity contribution in [2.75, 3.05) is 0 Å². The second-order valence-corrected chi connectivity index (χ2v) is 4.79. The lowest BCUT2D eigenvalue weighted by molar-refractivity contribution is -0.137. The van der Waals surface area contributed by atoms with Crippen LogP contribution in [0.3, 0.4) is 0 Å². The van der Waals surface area contributed by atoms with Gasteiger partial charge in [-0.1, -0.05) is 32.1 Å². The number of carboxylic acid groups (broad SMARTS) is 1. The Labute approximate surface area is 97.2 Å². The predicted octanol–water partition coefficient (Wildman–Crippen LogP) is 3.76. The van der Waals surface area contributed by atoms with Crippen LogP contribution in [0.2, 0.25) is 0 Å². The molecule has 0 aromatic heterocycles. The summed E-state index contributed by atoms with van der Waals surface area (Å²) in [6.07, 6.45) is 9.39. The summed E-state index contributed by atoms with van der Waals surface area (Å²) in [6.45, 7) is 2.07. The van der Waals surface area contributed by atoms with Gasteiger partial charge in [-0.2, -0.15) is 10.2 Å². The Morgan fingerprint density at radius 1 is 1.00 bits per heavy atom. The minimum absolute atomic E-state index is 0.0263. The summed E-state index contributed by atoms with van der Waals surface area (Å²) in [5.41, 5.74) is -0.0263. The van der Waals surface area contributed by atoms with Gasteiger partial charge < -0.3 is 5.11 Å². The maximum atomic E-state index is 10.3. The van der Waals surface area contributed by atoms with Gasteiger partial charge >= 0.3 is 5.97 Å². The molecule has 0 unspecified atom stereocenters. The molecule has 0 saturated carbocycles. The molecule has 1 N–H and O–H groups in total. The summed E-state index contributed by atoms with van der Waals surface area (Å²) in [5.74, 6) is -0.676. The number of aliphatic carboxylic acids is 1. The van der Waals surface area contributed by atoms with E-state index in [0.29, 0.717) is 6.42 Å². The molecule has 0 radical (unpaired) electrons. The fourth-order valence-electron chi connectivity index (χ4n) is 1.81. The Balaban J connectivity index is 1.73.